The van der Waals surface area contributed by atoms with E-state index in [2.05, 4.69) is 32.6 Å². The summed E-state index contributed by atoms with van der Waals surface area (Å²) in [5.74, 6) is 0.810. The number of amides is 1. The third kappa shape index (κ3) is 3.31. The standard InChI is InChI=1S/C16H30N2O/c1-12(9-17)5-6-14(19)18-11-16(4)8-13(18)7-15(2,3)10-16/h12-13H,5-11,17H2,1-4H3. The monoisotopic (exact) mass is 266 g/mol. The Hall–Kier alpha value is -0.570. The van der Waals surface area contributed by atoms with Crippen molar-refractivity contribution in [3.63, 3.8) is 0 Å². The SMILES string of the molecule is CC(CN)CCC(=O)N1CC2(C)CC1CC(C)(C)C2. The zero-order valence-corrected chi connectivity index (χ0v) is 13.0. The second kappa shape index (κ2) is 5.08. The number of likely N-dealkylation sites (tertiary alicyclic amines) is 1. The minimum absolute atomic E-state index is 0.349. The van der Waals surface area contributed by atoms with E-state index in [1.54, 1.807) is 0 Å². The molecule has 1 amide bonds. The summed E-state index contributed by atoms with van der Waals surface area (Å²) in [6, 6.07) is 0.481. The summed E-state index contributed by atoms with van der Waals surface area (Å²) < 4.78 is 0. The molecule has 3 atom stereocenters. The molecule has 0 aromatic heterocycles. The van der Waals surface area contributed by atoms with Crippen LogP contribution in [-0.2, 0) is 4.79 Å². The van der Waals surface area contributed by atoms with Gasteiger partial charge < -0.3 is 10.6 Å². The molecule has 0 spiro atoms. The first-order valence-electron chi connectivity index (χ1n) is 7.74. The van der Waals surface area contributed by atoms with E-state index in [-0.39, 0.29) is 0 Å². The molecule has 0 aromatic carbocycles. The Kier molecular flexibility index (Phi) is 3.97. The highest BCUT2D eigenvalue weighted by Crippen LogP contribution is 2.52. The van der Waals surface area contributed by atoms with Crippen LogP contribution in [0.5, 0.6) is 0 Å². The number of rotatable bonds is 4. The molecule has 1 saturated carbocycles. The summed E-state index contributed by atoms with van der Waals surface area (Å²) in [5, 5.41) is 0. The van der Waals surface area contributed by atoms with Gasteiger partial charge in [0.2, 0.25) is 5.91 Å². The highest BCUT2D eigenvalue weighted by Gasteiger charge is 2.50. The number of carbonyl (C=O) groups excluding carboxylic acids is 1. The van der Waals surface area contributed by atoms with Crippen molar-refractivity contribution in [2.45, 2.75) is 65.8 Å². The van der Waals surface area contributed by atoms with Crippen LogP contribution in [0.4, 0.5) is 0 Å². The molecular formula is C16H30N2O. The van der Waals surface area contributed by atoms with E-state index in [4.69, 9.17) is 5.73 Å². The molecule has 3 heteroatoms. The maximum Gasteiger partial charge on any atom is 0.222 e. The smallest absolute Gasteiger partial charge is 0.222 e. The molecule has 1 heterocycles. The minimum Gasteiger partial charge on any atom is -0.339 e. The van der Waals surface area contributed by atoms with E-state index >= 15 is 0 Å². The van der Waals surface area contributed by atoms with Gasteiger partial charge in [0.05, 0.1) is 0 Å². The van der Waals surface area contributed by atoms with Gasteiger partial charge in [0.25, 0.3) is 0 Å². The summed E-state index contributed by atoms with van der Waals surface area (Å²) in [4.78, 5) is 14.6. The summed E-state index contributed by atoms with van der Waals surface area (Å²) in [6.45, 7) is 10.8. The van der Waals surface area contributed by atoms with Gasteiger partial charge in [-0.05, 0) is 49.0 Å². The Balaban J connectivity index is 1.97. The van der Waals surface area contributed by atoms with Crippen LogP contribution in [-0.4, -0.2) is 29.9 Å². The number of hydrogen-bond acceptors (Lipinski definition) is 2. The lowest BCUT2D eigenvalue weighted by Crippen LogP contribution is -2.37. The van der Waals surface area contributed by atoms with Crippen LogP contribution in [0.15, 0.2) is 0 Å². The summed E-state index contributed by atoms with van der Waals surface area (Å²) in [7, 11) is 0. The molecule has 0 radical (unpaired) electrons. The molecule has 3 unspecified atom stereocenters. The van der Waals surface area contributed by atoms with Crippen molar-refractivity contribution in [2.75, 3.05) is 13.1 Å². The molecule has 0 aromatic rings. The van der Waals surface area contributed by atoms with Crippen LogP contribution in [0, 0.1) is 16.7 Å². The maximum atomic E-state index is 12.4. The van der Waals surface area contributed by atoms with Crippen molar-refractivity contribution < 1.29 is 4.79 Å². The predicted molar refractivity (Wildman–Crippen MR) is 78.7 cm³/mol. The molecule has 3 nitrogen and oxygen atoms in total. The van der Waals surface area contributed by atoms with Crippen LogP contribution < -0.4 is 5.73 Å². The van der Waals surface area contributed by atoms with E-state index in [9.17, 15) is 4.79 Å². The Morgan fingerprint density at radius 3 is 2.68 bits per heavy atom. The second-order valence-corrected chi connectivity index (χ2v) is 8.11. The van der Waals surface area contributed by atoms with Crippen LogP contribution in [0.1, 0.15) is 59.8 Å². The molecular weight excluding hydrogens is 236 g/mol. The third-order valence-electron chi connectivity index (χ3n) is 4.99. The van der Waals surface area contributed by atoms with Gasteiger partial charge in [-0.15, -0.1) is 0 Å². The number of carbonyl (C=O) groups is 1. The molecule has 1 saturated heterocycles. The average Bonchev–Trinajstić information content (AvgIpc) is 2.55. The number of hydrogen-bond donors (Lipinski definition) is 1. The van der Waals surface area contributed by atoms with Gasteiger partial charge in [0, 0.05) is 19.0 Å². The fourth-order valence-corrected chi connectivity index (χ4v) is 4.38. The van der Waals surface area contributed by atoms with Crippen molar-refractivity contribution >= 4 is 5.91 Å². The van der Waals surface area contributed by atoms with Gasteiger partial charge in [-0.3, -0.25) is 4.79 Å². The van der Waals surface area contributed by atoms with Gasteiger partial charge >= 0.3 is 0 Å². The molecule has 110 valence electrons. The largest absolute Gasteiger partial charge is 0.339 e. The average molecular weight is 266 g/mol. The molecule has 2 bridgehead atoms. The van der Waals surface area contributed by atoms with Crippen molar-refractivity contribution in [1.29, 1.82) is 0 Å². The van der Waals surface area contributed by atoms with Crippen molar-refractivity contribution in [3.8, 4) is 0 Å². The zero-order valence-electron chi connectivity index (χ0n) is 13.0. The normalized spacial score (nSPS) is 34.4. The molecule has 2 aliphatic rings. The minimum atomic E-state index is 0.349. The molecule has 1 aliphatic carbocycles. The van der Waals surface area contributed by atoms with E-state index < -0.39 is 0 Å². The third-order valence-corrected chi connectivity index (χ3v) is 4.99. The summed E-state index contributed by atoms with van der Waals surface area (Å²) in [6.07, 6.45) is 5.22. The fourth-order valence-electron chi connectivity index (χ4n) is 4.38. The van der Waals surface area contributed by atoms with E-state index in [1.165, 1.54) is 19.3 Å². The van der Waals surface area contributed by atoms with Crippen LogP contribution in [0.2, 0.25) is 0 Å². The topological polar surface area (TPSA) is 46.3 Å². The van der Waals surface area contributed by atoms with E-state index in [0.29, 0.717) is 41.7 Å². The Labute approximate surface area is 117 Å². The highest BCUT2D eigenvalue weighted by molar-refractivity contribution is 5.77. The number of nitrogens with two attached hydrogens (primary N) is 1. The predicted octanol–water partition coefficient (Wildman–Crippen LogP) is 2.79. The van der Waals surface area contributed by atoms with Gasteiger partial charge in [-0.2, -0.15) is 0 Å². The van der Waals surface area contributed by atoms with Gasteiger partial charge in [0.1, 0.15) is 0 Å². The first kappa shape index (κ1) is 14.8. The fraction of sp³-hybridized carbons (Fsp3) is 0.938. The second-order valence-electron chi connectivity index (χ2n) is 8.11. The first-order chi connectivity index (χ1) is 8.75. The van der Waals surface area contributed by atoms with Crippen molar-refractivity contribution in [2.24, 2.45) is 22.5 Å². The Morgan fingerprint density at radius 1 is 1.37 bits per heavy atom. The quantitative estimate of drug-likeness (QED) is 0.850. The molecule has 2 fully saturated rings. The van der Waals surface area contributed by atoms with Crippen molar-refractivity contribution in [1.82, 2.24) is 4.90 Å². The Morgan fingerprint density at radius 2 is 2.05 bits per heavy atom. The summed E-state index contributed by atoms with van der Waals surface area (Å²) >= 11 is 0. The lowest BCUT2D eigenvalue weighted by atomic mass is 9.65. The Bertz CT molecular complexity index is 353. The first-order valence-corrected chi connectivity index (χ1v) is 7.74. The lowest BCUT2D eigenvalue weighted by molar-refractivity contribution is -0.132. The van der Waals surface area contributed by atoms with Crippen LogP contribution in [0.3, 0.4) is 0 Å². The van der Waals surface area contributed by atoms with Gasteiger partial charge in [-0.1, -0.05) is 27.7 Å². The molecule has 2 N–H and O–H groups in total. The lowest BCUT2D eigenvalue weighted by Gasteiger charge is -2.39. The van der Waals surface area contributed by atoms with Crippen LogP contribution >= 0.6 is 0 Å². The van der Waals surface area contributed by atoms with Crippen LogP contribution in [0.25, 0.3) is 0 Å². The van der Waals surface area contributed by atoms with E-state index in [0.717, 1.165) is 13.0 Å². The number of fused-ring (bicyclic) bond motifs is 2. The summed E-state index contributed by atoms with van der Waals surface area (Å²) in [5.41, 5.74) is 6.36. The molecule has 19 heavy (non-hydrogen) atoms. The van der Waals surface area contributed by atoms with Crippen molar-refractivity contribution in [3.05, 3.63) is 0 Å². The highest BCUT2D eigenvalue weighted by atomic mass is 16.2. The zero-order chi connectivity index (χ0) is 14.3. The van der Waals surface area contributed by atoms with Gasteiger partial charge in [-0.25, -0.2) is 0 Å². The number of nitrogens with zero attached hydrogens (tertiary/aromatic N) is 1. The maximum absolute atomic E-state index is 12.4. The molecule has 2 rings (SSSR count). The van der Waals surface area contributed by atoms with Gasteiger partial charge in [0.15, 0.2) is 0 Å². The van der Waals surface area contributed by atoms with E-state index in [1.807, 2.05) is 0 Å². The molecule has 1 aliphatic heterocycles.